The van der Waals surface area contributed by atoms with Gasteiger partial charge in [0.2, 0.25) is 0 Å². The lowest BCUT2D eigenvalue weighted by molar-refractivity contribution is 0.622. The van der Waals surface area contributed by atoms with Gasteiger partial charge < -0.3 is 3.79 Å². The van der Waals surface area contributed by atoms with Crippen LogP contribution in [0.4, 0.5) is 0 Å². The number of benzene rings is 1. The second-order valence-corrected chi connectivity index (χ2v) is 3.13. The van der Waals surface area contributed by atoms with Crippen LogP contribution in [-0.2, 0) is 0 Å². The Kier molecular flexibility index (Phi) is 2.22. The molecule has 0 unspecified atom stereocenters. The third kappa shape index (κ3) is 1.41. The Morgan fingerprint density at radius 2 is 2.15 bits per heavy atom. The highest BCUT2D eigenvalue weighted by Gasteiger charge is 2.02. The van der Waals surface area contributed by atoms with Crippen LogP contribution in [0.3, 0.4) is 0 Å². The van der Waals surface area contributed by atoms with Crippen LogP contribution in [0.25, 0.3) is 10.9 Å². The fourth-order valence-corrected chi connectivity index (χ4v) is 1.57. The molecular formula is C10H8AlNO. The summed E-state index contributed by atoms with van der Waals surface area (Å²) in [5.74, 6) is 0.797. The van der Waals surface area contributed by atoms with E-state index in [9.17, 15) is 0 Å². The highest BCUT2D eigenvalue weighted by molar-refractivity contribution is 6.02. The van der Waals surface area contributed by atoms with Gasteiger partial charge in [-0.1, -0.05) is 12.1 Å². The van der Waals surface area contributed by atoms with E-state index in [4.69, 9.17) is 3.79 Å². The van der Waals surface area contributed by atoms with E-state index in [1.807, 2.05) is 24.3 Å². The summed E-state index contributed by atoms with van der Waals surface area (Å²) < 4.78 is 5.14. The van der Waals surface area contributed by atoms with Gasteiger partial charge in [-0.3, -0.25) is 4.98 Å². The van der Waals surface area contributed by atoms with Crippen molar-refractivity contribution in [2.24, 2.45) is 0 Å². The summed E-state index contributed by atoms with van der Waals surface area (Å²) in [4.78, 5) is 4.27. The Morgan fingerprint density at radius 3 is 2.92 bits per heavy atom. The first-order valence-electron chi connectivity index (χ1n) is 4.04. The van der Waals surface area contributed by atoms with E-state index in [1.165, 1.54) is 5.56 Å². The van der Waals surface area contributed by atoms with Crippen molar-refractivity contribution in [3.63, 3.8) is 0 Å². The van der Waals surface area contributed by atoms with Crippen molar-refractivity contribution in [1.82, 2.24) is 4.98 Å². The molecule has 0 saturated heterocycles. The maximum absolute atomic E-state index is 5.14. The molecule has 0 aliphatic carbocycles. The highest BCUT2D eigenvalue weighted by Crippen LogP contribution is 2.25. The van der Waals surface area contributed by atoms with Gasteiger partial charge in [-0.15, -0.1) is 0 Å². The van der Waals surface area contributed by atoms with Crippen LogP contribution >= 0.6 is 0 Å². The molecular weight excluding hydrogens is 177 g/mol. The van der Waals surface area contributed by atoms with Crippen molar-refractivity contribution < 1.29 is 3.79 Å². The van der Waals surface area contributed by atoms with E-state index in [0.29, 0.717) is 0 Å². The molecule has 62 valence electrons. The molecule has 0 spiro atoms. The maximum Gasteiger partial charge on any atom is 0.482 e. The predicted octanol–water partition coefficient (Wildman–Crippen LogP) is 2.01. The van der Waals surface area contributed by atoms with E-state index < -0.39 is 0 Å². The summed E-state index contributed by atoms with van der Waals surface area (Å²) in [6.07, 6.45) is 1.77. The molecule has 2 nitrogen and oxygen atoms in total. The lowest BCUT2D eigenvalue weighted by Gasteiger charge is -2.07. The van der Waals surface area contributed by atoms with Gasteiger partial charge in [0.05, 0.1) is 0 Å². The van der Waals surface area contributed by atoms with Crippen LogP contribution in [0, 0.1) is 6.92 Å². The summed E-state index contributed by atoms with van der Waals surface area (Å²) in [6.45, 7) is 2.07. The van der Waals surface area contributed by atoms with Crippen molar-refractivity contribution in [2.45, 2.75) is 6.92 Å². The molecule has 13 heavy (non-hydrogen) atoms. The van der Waals surface area contributed by atoms with Gasteiger partial charge in [0, 0.05) is 11.6 Å². The quantitative estimate of drug-likeness (QED) is 0.634. The molecule has 0 aliphatic heterocycles. The molecule has 0 aliphatic rings. The summed E-state index contributed by atoms with van der Waals surface area (Å²) in [5, 5.41) is 1.14. The number of aromatic nitrogens is 1. The molecule has 1 aromatic carbocycles. The first kappa shape index (κ1) is 8.56. The molecule has 1 heterocycles. The van der Waals surface area contributed by atoms with Gasteiger partial charge in [0.1, 0.15) is 11.3 Å². The second-order valence-electron chi connectivity index (χ2n) is 2.90. The van der Waals surface area contributed by atoms with E-state index in [-0.39, 0.29) is 0 Å². The van der Waals surface area contributed by atoms with E-state index >= 15 is 0 Å². The van der Waals surface area contributed by atoms with Crippen molar-refractivity contribution in [3.8, 4) is 5.75 Å². The van der Waals surface area contributed by atoms with Gasteiger partial charge in [-0.25, -0.2) is 0 Å². The van der Waals surface area contributed by atoms with E-state index in [2.05, 4.69) is 28.5 Å². The van der Waals surface area contributed by atoms with Gasteiger partial charge in [0.25, 0.3) is 0 Å². The van der Waals surface area contributed by atoms with Crippen LogP contribution in [0.1, 0.15) is 5.56 Å². The molecule has 0 amide bonds. The number of pyridine rings is 1. The summed E-state index contributed by atoms with van der Waals surface area (Å²) in [6, 6.07) is 7.94. The van der Waals surface area contributed by atoms with Crippen molar-refractivity contribution >= 4 is 27.5 Å². The molecule has 2 aromatic rings. The lowest BCUT2D eigenvalue weighted by Crippen LogP contribution is -1.90. The third-order valence-corrected chi connectivity index (χ3v) is 2.33. The average Bonchev–Trinajstić information content (AvgIpc) is 2.19. The molecule has 0 fully saturated rings. The zero-order chi connectivity index (χ0) is 9.26. The van der Waals surface area contributed by atoms with Gasteiger partial charge in [0.15, 0.2) is 0 Å². The van der Waals surface area contributed by atoms with Crippen molar-refractivity contribution in [2.75, 3.05) is 0 Å². The van der Waals surface area contributed by atoms with Gasteiger partial charge in [-0.05, 0) is 24.6 Å². The summed E-state index contributed by atoms with van der Waals surface area (Å²) in [7, 11) is 0. The van der Waals surface area contributed by atoms with Crippen LogP contribution in [0.2, 0.25) is 0 Å². The van der Waals surface area contributed by atoms with Gasteiger partial charge >= 0.3 is 16.6 Å². The maximum atomic E-state index is 5.14. The zero-order valence-electron chi connectivity index (χ0n) is 7.32. The summed E-state index contributed by atoms with van der Waals surface area (Å²) in [5.41, 5.74) is 2.13. The normalized spacial score (nSPS) is 10.2. The monoisotopic (exact) mass is 185 g/mol. The standard InChI is InChI=1S/C10H9NO.Al/c1-7-4-5-9(12)10-8(7)3-2-6-11-10;/h2-6,12H,1H3;/q;+1/p-1. The Hall–Kier alpha value is -1.04. The van der Waals surface area contributed by atoms with E-state index in [1.54, 1.807) is 6.20 Å². The minimum absolute atomic E-state index is 0.797. The van der Waals surface area contributed by atoms with Crippen LogP contribution in [0.15, 0.2) is 30.5 Å². The first-order valence-corrected chi connectivity index (χ1v) is 4.51. The lowest BCUT2D eigenvalue weighted by atomic mass is 10.1. The van der Waals surface area contributed by atoms with Crippen LogP contribution in [-0.4, -0.2) is 21.6 Å². The molecule has 2 rings (SSSR count). The highest BCUT2D eigenvalue weighted by atomic mass is 27.1. The Bertz CT molecular complexity index is 442. The number of fused-ring (bicyclic) bond motifs is 1. The number of hydrogen-bond donors (Lipinski definition) is 0. The molecule has 0 N–H and O–H groups in total. The fourth-order valence-electron chi connectivity index (χ4n) is 1.38. The molecule has 2 radical (unpaired) electrons. The zero-order valence-corrected chi connectivity index (χ0v) is 8.47. The Morgan fingerprint density at radius 1 is 1.31 bits per heavy atom. The largest absolute Gasteiger partial charge is 0.652 e. The first-order chi connectivity index (χ1) is 6.33. The smallest absolute Gasteiger partial charge is 0.482 e. The molecule has 0 saturated carbocycles. The summed E-state index contributed by atoms with van der Waals surface area (Å²) >= 11 is 2.24. The molecule has 1 aromatic heterocycles. The minimum atomic E-state index is 0.797. The number of nitrogens with zero attached hydrogens (tertiary/aromatic N) is 1. The molecule has 3 heteroatoms. The molecule has 0 bridgehead atoms. The second kappa shape index (κ2) is 3.37. The number of hydrogen-bond acceptors (Lipinski definition) is 2. The van der Waals surface area contributed by atoms with Crippen LogP contribution in [0.5, 0.6) is 5.75 Å². The Labute approximate surface area is 85.3 Å². The minimum Gasteiger partial charge on any atom is -0.652 e. The van der Waals surface area contributed by atoms with Crippen molar-refractivity contribution in [3.05, 3.63) is 36.0 Å². The van der Waals surface area contributed by atoms with Crippen LogP contribution < -0.4 is 3.79 Å². The molecule has 0 atom stereocenters. The fraction of sp³-hybridized carbons (Fsp3) is 0.100. The predicted molar refractivity (Wildman–Crippen MR) is 52.9 cm³/mol. The third-order valence-electron chi connectivity index (χ3n) is 2.08. The van der Waals surface area contributed by atoms with E-state index in [0.717, 1.165) is 16.7 Å². The number of rotatable bonds is 1. The number of aryl methyl sites for hydroxylation is 1. The topological polar surface area (TPSA) is 22.1 Å². The van der Waals surface area contributed by atoms with Gasteiger partial charge in [-0.2, -0.15) is 0 Å². The SMILES string of the molecule is Cc1ccc([O][Al])c2ncccc12. The Balaban J connectivity index is 2.84. The average molecular weight is 185 g/mol. The van der Waals surface area contributed by atoms with Crippen molar-refractivity contribution in [1.29, 1.82) is 0 Å².